The number of methoxy groups -OCH3 is 2. The average molecular weight is 407 g/mol. The lowest BCUT2D eigenvalue weighted by Crippen LogP contribution is -2.32. The van der Waals surface area contributed by atoms with Crippen LogP contribution in [0.15, 0.2) is 36.4 Å². The Balaban J connectivity index is 2.65. The molecule has 0 unspecified atom stereocenters. The number of benzene rings is 2. The van der Waals surface area contributed by atoms with Gasteiger partial charge in [0.15, 0.2) is 13.6 Å². The predicted octanol–water partition coefficient (Wildman–Crippen LogP) is 4.54. The molecule has 0 spiro atoms. The standard InChI is InChI=1S/C21H31O4PSi/c1-16-8-10-18(24-14-22-3)20(12-16)26(27(5,6)7)21-13-17(2)9-11-19(21)25-15-23-4/h8-13H,14-15H2,1-7H3. The van der Waals surface area contributed by atoms with E-state index >= 15 is 0 Å². The van der Waals surface area contributed by atoms with Gasteiger partial charge in [-0.25, -0.2) is 0 Å². The monoisotopic (exact) mass is 406 g/mol. The highest BCUT2D eigenvalue weighted by Gasteiger charge is 2.34. The first-order valence-electron chi connectivity index (χ1n) is 9.03. The molecular formula is C21H31O4PSi. The number of ether oxygens (including phenoxy) is 4. The van der Waals surface area contributed by atoms with Gasteiger partial charge in [-0.2, -0.15) is 0 Å². The van der Waals surface area contributed by atoms with Crippen molar-refractivity contribution in [1.29, 1.82) is 0 Å². The number of hydrogen-bond donors (Lipinski definition) is 0. The first-order chi connectivity index (χ1) is 12.8. The summed E-state index contributed by atoms with van der Waals surface area (Å²) in [6.07, 6.45) is 0. The van der Waals surface area contributed by atoms with Crippen molar-refractivity contribution >= 4 is 25.8 Å². The van der Waals surface area contributed by atoms with E-state index in [1.165, 1.54) is 21.7 Å². The van der Waals surface area contributed by atoms with Crippen molar-refractivity contribution in [3.63, 3.8) is 0 Å². The van der Waals surface area contributed by atoms with Gasteiger partial charge in [-0.1, -0.05) is 50.4 Å². The molecule has 0 amide bonds. The normalized spacial score (nSPS) is 11.7. The summed E-state index contributed by atoms with van der Waals surface area (Å²) in [7, 11) is 1.04. The van der Waals surface area contributed by atoms with Crippen LogP contribution in [-0.4, -0.2) is 35.5 Å². The lowest BCUT2D eigenvalue weighted by atomic mass is 10.2. The van der Waals surface area contributed by atoms with E-state index in [0.717, 1.165) is 11.5 Å². The molecule has 0 N–H and O–H groups in total. The van der Waals surface area contributed by atoms with Crippen LogP contribution in [0.4, 0.5) is 0 Å². The zero-order chi connectivity index (χ0) is 20.0. The Morgan fingerprint density at radius 1 is 0.741 bits per heavy atom. The highest BCUT2D eigenvalue weighted by Crippen LogP contribution is 2.49. The van der Waals surface area contributed by atoms with Crippen molar-refractivity contribution in [2.24, 2.45) is 0 Å². The third-order valence-electron chi connectivity index (χ3n) is 4.05. The van der Waals surface area contributed by atoms with Crippen LogP contribution in [0.1, 0.15) is 11.1 Å². The fourth-order valence-corrected chi connectivity index (χ4v) is 11.4. The molecule has 0 saturated carbocycles. The molecule has 2 aromatic carbocycles. The van der Waals surface area contributed by atoms with Gasteiger partial charge >= 0.3 is 0 Å². The minimum Gasteiger partial charge on any atom is -0.467 e. The van der Waals surface area contributed by atoms with Gasteiger partial charge in [0.05, 0.1) is 7.74 Å². The maximum absolute atomic E-state index is 5.94. The van der Waals surface area contributed by atoms with Crippen molar-refractivity contribution in [3.05, 3.63) is 47.5 Å². The lowest BCUT2D eigenvalue weighted by Gasteiger charge is -2.33. The zero-order valence-electron chi connectivity index (χ0n) is 17.5. The second-order valence-corrected chi connectivity index (χ2v) is 18.9. The van der Waals surface area contributed by atoms with Gasteiger partial charge in [0.2, 0.25) is 0 Å². The van der Waals surface area contributed by atoms with E-state index in [9.17, 15) is 0 Å². The summed E-state index contributed by atoms with van der Waals surface area (Å²) >= 11 is 0. The highest BCUT2D eigenvalue weighted by molar-refractivity contribution is 8.04. The van der Waals surface area contributed by atoms with E-state index in [4.69, 9.17) is 18.9 Å². The van der Waals surface area contributed by atoms with Gasteiger partial charge in [-0.3, -0.25) is 0 Å². The van der Waals surface area contributed by atoms with E-state index in [2.05, 4.69) is 69.9 Å². The Bertz CT molecular complexity index is 701. The van der Waals surface area contributed by atoms with Crippen LogP contribution in [0.25, 0.3) is 0 Å². The summed E-state index contributed by atoms with van der Waals surface area (Å²) < 4.78 is 22.2. The zero-order valence-corrected chi connectivity index (χ0v) is 19.4. The summed E-state index contributed by atoms with van der Waals surface area (Å²) in [5.74, 6) is 1.80. The second-order valence-electron chi connectivity index (χ2n) is 7.55. The van der Waals surface area contributed by atoms with Gasteiger partial charge in [0.1, 0.15) is 11.5 Å². The van der Waals surface area contributed by atoms with Gasteiger partial charge in [-0.15, -0.1) is 0 Å². The molecule has 0 atom stereocenters. The average Bonchev–Trinajstić information content (AvgIpc) is 2.59. The molecule has 2 aromatic rings. The molecule has 2 rings (SSSR count). The Morgan fingerprint density at radius 2 is 1.15 bits per heavy atom. The Hall–Kier alpha value is -1.39. The van der Waals surface area contributed by atoms with Crippen LogP contribution in [0.3, 0.4) is 0 Å². The van der Waals surface area contributed by atoms with Gasteiger partial charge in [0, 0.05) is 24.8 Å². The van der Waals surface area contributed by atoms with Crippen LogP contribution >= 0.6 is 7.47 Å². The molecule has 27 heavy (non-hydrogen) atoms. The molecule has 0 aliphatic carbocycles. The van der Waals surface area contributed by atoms with Crippen molar-refractivity contribution in [1.82, 2.24) is 0 Å². The molecule has 0 fully saturated rings. The Kier molecular flexibility index (Phi) is 7.87. The molecule has 0 bridgehead atoms. The van der Waals surface area contributed by atoms with Gasteiger partial charge < -0.3 is 18.9 Å². The minimum atomic E-state index is -1.63. The number of hydrogen-bond acceptors (Lipinski definition) is 4. The van der Waals surface area contributed by atoms with E-state index in [-0.39, 0.29) is 13.6 Å². The van der Waals surface area contributed by atoms with Crippen LogP contribution in [0.5, 0.6) is 11.5 Å². The van der Waals surface area contributed by atoms with Crippen LogP contribution in [-0.2, 0) is 9.47 Å². The van der Waals surface area contributed by atoms with E-state index in [1.807, 2.05) is 0 Å². The Morgan fingerprint density at radius 3 is 1.48 bits per heavy atom. The highest BCUT2D eigenvalue weighted by atomic mass is 31.4. The van der Waals surface area contributed by atoms with E-state index < -0.39 is 15.2 Å². The SMILES string of the molecule is COCOc1ccc(C)cc1P(c1cc(C)ccc1OCOC)[Si](C)(C)C. The summed E-state index contributed by atoms with van der Waals surface area (Å²) in [5, 5.41) is 2.52. The Labute approximate surface area is 165 Å². The van der Waals surface area contributed by atoms with Crippen molar-refractivity contribution < 1.29 is 18.9 Å². The first kappa shape index (κ1) is 21.9. The molecule has 148 valence electrons. The summed E-state index contributed by atoms with van der Waals surface area (Å²) in [6.45, 7) is 12.0. The molecular weight excluding hydrogens is 375 g/mol. The number of rotatable bonds is 9. The molecule has 6 heteroatoms. The fraction of sp³-hybridized carbons (Fsp3) is 0.429. The molecule has 0 aliphatic rings. The van der Waals surface area contributed by atoms with Crippen LogP contribution in [0, 0.1) is 13.8 Å². The predicted molar refractivity (Wildman–Crippen MR) is 117 cm³/mol. The number of aryl methyl sites for hydroxylation is 2. The van der Waals surface area contributed by atoms with Crippen molar-refractivity contribution in [3.8, 4) is 11.5 Å². The minimum absolute atomic E-state index is 0.242. The topological polar surface area (TPSA) is 36.9 Å². The summed E-state index contributed by atoms with van der Waals surface area (Å²) in [6, 6.07) is 12.8. The molecule has 0 saturated heterocycles. The molecule has 0 aromatic heterocycles. The van der Waals surface area contributed by atoms with Crippen molar-refractivity contribution in [2.45, 2.75) is 33.5 Å². The lowest BCUT2D eigenvalue weighted by molar-refractivity contribution is 0.0519. The van der Waals surface area contributed by atoms with Crippen molar-refractivity contribution in [2.75, 3.05) is 27.8 Å². The first-order valence-corrected chi connectivity index (χ1v) is 14.7. The summed E-state index contributed by atoms with van der Waals surface area (Å²) in [4.78, 5) is 0. The largest absolute Gasteiger partial charge is 0.467 e. The molecule has 0 heterocycles. The van der Waals surface area contributed by atoms with Crippen LogP contribution < -0.4 is 20.1 Å². The molecule has 0 aliphatic heterocycles. The third-order valence-corrected chi connectivity index (χ3v) is 12.5. The van der Waals surface area contributed by atoms with E-state index in [1.54, 1.807) is 14.2 Å². The molecule has 4 nitrogen and oxygen atoms in total. The fourth-order valence-electron chi connectivity index (χ4n) is 2.95. The van der Waals surface area contributed by atoms with Gasteiger partial charge in [0.25, 0.3) is 0 Å². The summed E-state index contributed by atoms with van der Waals surface area (Å²) in [5.41, 5.74) is 2.46. The maximum Gasteiger partial charge on any atom is 0.188 e. The smallest absolute Gasteiger partial charge is 0.188 e. The van der Waals surface area contributed by atoms with Gasteiger partial charge in [-0.05, 0) is 38.1 Å². The maximum atomic E-state index is 5.94. The second kappa shape index (κ2) is 9.70. The van der Waals surface area contributed by atoms with Crippen LogP contribution in [0.2, 0.25) is 19.6 Å². The third kappa shape index (κ3) is 5.79. The molecule has 0 radical (unpaired) electrons. The quantitative estimate of drug-likeness (QED) is 0.348. The van der Waals surface area contributed by atoms with E-state index in [0.29, 0.717) is 0 Å².